The van der Waals surface area contributed by atoms with Crippen LogP contribution in [0.5, 0.6) is 28.7 Å². The van der Waals surface area contributed by atoms with Gasteiger partial charge >= 0.3 is 11.9 Å². The molecule has 5 rings (SSSR count). The molecule has 15 heteroatoms. The van der Waals surface area contributed by atoms with Crippen molar-refractivity contribution >= 4 is 47.4 Å². The largest absolute Gasteiger partial charge is 0.493 e. The summed E-state index contributed by atoms with van der Waals surface area (Å²) in [7, 11) is 4.35. The molecule has 0 saturated heterocycles. The number of nitro groups is 1. The number of para-hydroxylation sites is 2. The minimum absolute atomic E-state index is 0.103. The first-order valence-corrected chi connectivity index (χ1v) is 16.2. The minimum atomic E-state index is -0.751. The van der Waals surface area contributed by atoms with E-state index in [2.05, 4.69) is 15.8 Å². The highest BCUT2D eigenvalue weighted by Gasteiger charge is 2.18. The summed E-state index contributed by atoms with van der Waals surface area (Å²) in [4.78, 5) is 61.5. The van der Waals surface area contributed by atoms with Crippen molar-refractivity contribution in [3.63, 3.8) is 0 Å². The van der Waals surface area contributed by atoms with Gasteiger partial charge in [0.25, 0.3) is 17.5 Å². The van der Waals surface area contributed by atoms with Gasteiger partial charge in [-0.05, 0) is 72.8 Å². The van der Waals surface area contributed by atoms with Crippen LogP contribution in [0, 0.1) is 10.1 Å². The first-order chi connectivity index (χ1) is 26.6. The highest BCUT2D eigenvalue weighted by Crippen LogP contribution is 2.38. The van der Waals surface area contributed by atoms with Gasteiger partial charge in [-0.15, -0.1) is 0 Å². The van der Waals surface area contributed by atoms with Crippen LogP contribution in [0.4, 0.5) is 11.4 Å². The Morgan fingerprint density at radius 1 is 0.655 bits per heavy atom. The summed E-state index contributed by atoms with van der Waals surface area (Å²) >= 11 is 0. The van der Waals surface area contributed by atoms with Crippen molar-refractivity contribution in [2.75, 3.05) is 26.6 Å². The molecular formula is C40H32N4O11. The van der Waals surface area contributed by atoms with Gasteiger partial charge in [0, 0.05) is 46.1 Å². The standard InChI is InChI=1S/C40H32N4O11/c1-51-34-22-29(23-35(52-2)37(34)53-3)38(46)42-30-17-12-26(13-18-30)39(47)43-41-24-28-9-5-7-11-33(28)54-36(45)21-16-25-8-4-6-10-32(25)55-40(48)27-14-19-31(20-15-27)44(49)50/h4-24H,1-3H3,(H,42,46)(H,43,47)/b21-16+,41-24+. The predicted molar refractivity (Wildman–Crippen MR) is 201 cm³/mol. The molecule has 2 N–H and O–H groups in total. The first kappa shape index (κ1) is 38.4. The summed E-state index contributed by atoms with van der Waals surface area (Å²) < 4.78 is 26.9. The number of anilines is 1. The van der Waals surface area contributed by atoms with Crippen LogP contribution in [0.2, 0.25) is 0 Å². The Bertz CT molecular complexity index is 2260. The van der Waals surface area contributed by atoms with Crippen molar-refractivity contribution in [2.24, 2.45) is 5.10 Å². The summed E-state index contributed by atoms with van der Waals surface area (Å²) in [5.41, 5.74) is 4.07. The van der Waals surface area contributed by atoms with Crippen molar-refractivity contribution < 1.29 is 47.8 Å². The van der Waals surface area contributed by atoms with Crippen molar-refractivity contribution in [1.29, 1.82) is 0 Å². The number of amides is 2. The molecule has 0 heterocycles. The first-order valence-electron chi connectivity index (χ1n) is 16.2. The number of hydrogen-bond donors (Lipinski definition) is 2. The Hall–Kier alpha value is -7.81. The Balaban J connectivity index is 1.17. The lowest BCUT2D eigenvalue weighted by Crippen LogP contribution is -2.18. The summed E-state index contributed by atoms with van der Waals surface area (Å²) in [6.45, 7) is 0. The number of nitrogens with zero attached hydrogens (tertiary/aromatic N) is 2. The zero-order valence-corrected chi connectivity index (χ0v) is 29.5. The lowest BCUT2D eigenvalue weighted by molar-refractivity contribution is -0.384. The number of nitrogens with one attached hydrogen (secondary N) is 2. The molecule has 0 aliphatic carbocycles. The van der Waals surface area contributed by atoms with E-state index in [0.717, 1.165) is 6.08 Å². The van der Waals surface area contributed by atoms with Gasteiger partial charge in [0.1, 0.15) is 11.5 Å². The maximum Gasteiger partial charge on any atom is 0.343 e. The zero-order valence-electron chi connectivity index (χ0n) is 29.5. The molecule has 0 atom stereocenters. The second kappa shape index (κ2) is 18.1. The average molecular weight is 745 g/mol. The molecule has 55 heavy (non-hydrogen) atoms. The van der Waals surface area contributed by atoms with Crippen LogP contribution in [0.1, 0.15) is 42.2 Å². The predicted octanol–water partition coefficient (Wildman–Crippen LogP) is 6.47. The van der Waals surface area contributed by atoms with Gasteiger partial charge < -0.3 is 29.0 Å². The fraction of sp³-hybridized carbons (Fsp3) is 0.0750. The average Bonchev–Trinajstić information content (AvgIpc) is 3.20. The molecule has 0 bridgehead atoms. The van der Waals surface area contributed by atoms with Crippen molar-refractivity contribution in [2.45, 2.75) is 0 Å². The zero-order chi connectivity index (χ0) is 39.3. The molecule has 2 amide bonds. The number of rotatable bonds is 14. The lowest BCUT2D eigenvalue weighted by Gasteiger charge is -2.14. The second-order valence-electron chi connectivity index (χ2n) is 11.2. The smallest absolute Gasteiger partial charge is 0.343 e. The van der Waals surface area contributed by atoms with E-state index in [1.165, 1.54) is 88.2 Å². The minimum Gasteiger partial charge on any atom is -0.493 e. The quantitative estimate of drug-likeness (QED) is 0.0316. The molecule has 0 radical (unpaired) electrons. The summed E-state index contributed by atoms with van der Waals surface area (Å²) in [5, 5.41) is 17.7. The van der Waals surface area contributed by atoms with E-state index in [-0.39, 0.29) is 33.9 Å². The van der Waals surface area contributed by atoms with E-state index < -0.39 is 28.7 Å². The van der Waals surface area contributed by atoms with Gasteiger partial charge in [0.2, 0.25) is 5.75 Å². The number of hydrogen-bond acceptors (Lipinski definition) is 12. The van der Waals surface area contributed by atoms with E-state index in [1.54, 1.807) is 54.6 Å². The highest BCUT2D eigenvalue weighted by molar-refractivity contribution is 6.05. The van der Waals surface area contributed by atoms with Gasteiger partial charge in [-0.1, -0.05) is 30.3 Å². The van der Waals surface area contributed by atoms with E-state index in [9.17, 15) is 29.3 Å². The molecule has 0 saturated carbocycles. The molecule has 15 nitrogen and oxygen atoms in total. The number of nitro benzene ring substituents is 1. The van der Waals surface area contributed by atoms with E-state index >= 15 is 0 Å². The molecule has 5 aromatic carbocycles. The third-order valence-corrected chi connectivity index (χ3v) is 7.67. The molecule has 0 aromatic heterocycles. The van der Waals surface area contributed by atoms with Crippen molar-refractivity contribution in [3.8, 4) is 28.7 Å². The number of carbonyl (C=O) groups is 4. The number of carbonyl (C=O) groups excluding carboxylic acids is 4. The molecule has 0 spiro atoms. The van der Waals surface area contributed by atoms with Gasteiger partial charge in [0.05, 0.1) is 38.0 Å². The summed E-state index contributed by atoms with van der Waals surface area (Å²) in [6, 6.07) is 27.1. The summed E-state index contributed by atoms with van der Waals surface area (Å²) in [6.07, 6.45) is 3.86. The molecule has 5 aromatic rings. The van der Waals surface area contributed by atoms with E-state index in [4.69, 9.17) is 23.7 Å². The Morgan fingerprint density at radius 2 is 1.24 bits per heavy atom. The van der Waals surface area contributed by atoms with Gasteiger partial charge in [-0.2, -0.15) is 5.10 Å². The second-order valence-corrected chi connectivity index (χ2v) is 11.2. The lowest BCUT2D eigenvalue weighted by atomic mass is 10.1. The number of ether oxygens (including phenoxy) is 5. The van der Waals surface area contributed by atoms with Gasteiger partial charge in [-0.3, -0.25) is 19.7 Å². The molecule has 0 aliphatic rings. The Morgan fingerprint density at radius 3 is 1.84 bits per heavy atom. The SMILES string of the molecule is COc1cc(C(=O)Nc2ccc(C(=O)N/N=C/c3ccccc3OC(=O)/C=C/c3ccccc3OC(=O)c3ccc([N+](=O)[O-])cc3)cc2)cc(OC)c1OC. The maximum atomic E-state index is 12.9. The number of benzene rings is 5. The van der Waals surface area contributed by atoms with Crippen LogP contribution in [0.15, 0.2) is 120 Å². The summed E-state index contributed by atoms with van der Waals surface area (Å²) in [5.74, 6) is -1.18. The Labute approximate surface area is 313 Å². The van der Waals surface area contributed by atoms with Gasteiger partial charge in [0.15, 0.2) is 11.5 Å². The van der Waals surface area contributed by atoms with Crippen LogP contribution in [0.3, 0.4) is 0 Å². The molecule has 0 fully saturated rings. The number of methoxy groups -OCH3 is 3. The fourth-order valence-corrected chi connectivity index (χ4v) is 4.91. The third-order valence-electron chi connectivity index (χ3n) is 7.67. The number of esters is 2. The van der Waals surface area contributed by atoms with Crippen molar-refractivity contribution in [1.82, 2.24) is 5.43 Å². The van der Waals surface area contributed by atoms with Crippen LogP contribution in [-0.4, -0.2) is 56.2 Å². The normalized spacial score (nSPS) is 10.7. The number of hydrazone groups is 1. The van der Waals surface area contributed by atoms with Crippen LogP contribution < -0.4 is 34.4 Å². The van der Waals surface area contributed by atoms with E-state index in [1.807, 2.05) is 0 Å². The van der Waals surface area contributed by atoms with E-state index in [0.29, 0.717) is 34.1 Å². The molecular weight excluding hydrogens is 712 g/mol. The molecule has 0 aliphatic heterocycles. The Kier molecular flexibility index (Phi) is 12.6. The van der Waals surface area contributed by atoms with Crippen LogP contribution in [0.25, 0.3) is 6.08 Å². The fourth-order valence-electron chi connectivity index (χ4n) is 4.91. The van der Waals surface area contributed by atoms with Crippen LogP contribution in [-0.2, 0) is 4.79 Å². The monoisotopic (exact) mass is 744 g/mol. The topological polar surface area (TPSA) is 194 Å². The highest BCUT2D eigenvalue weighted by atomic mass is 16.6. The van der Waals surface area contributed by atoms with Gasteiger partial charge in [-0.25, -0.2) is 15.0 Å². The maximum absolute atomic E-state index is 12.9. The van der Waals surface area contributed by atoms with Crippen LogP contribution >= 0.6 is 0 Å². The molecule has 278 valence electrons. The van der Waals surface area contributed by atoms with Crippen molar-refractivity contribution in [3.05, 3.63) is 153 Å². The number of non-ortho nitro benzene ring substituents is 1. The third kappa shape index (κ3) is 9.95. The molecule has 0 unspecified atom stereocenters.